The van der Waals surface area contributed by atoms with Crippen molar-refractivity contribution in [2.75, 3.05) is 18.6 Å². The average Bonchev–Trinajstić information content (AvgIpc) is 2.47. The lowest BCUT2D eigenvalue weighted by Gasteiger charge is -2.28. The van der Waals surface area contributed by atoms with Crippen molar-refractivity contribution in [1.82, 2.24) is 5.32 Å². The van der Waals surface area contributed by atoms with E-state index in [9.17, 15) is 9.59 Å². The summed E-state index contributed by atoms with van der Waals surface area (Å²) in [6.07, 6.45) is 0.307. The number of amides is 2. The van der Waals surface area contributed by atoms with Crippen molar-refractivity contribution >= 4 is 17.5 Å². The van der Waals surface area contributed by atoms with Crippen molar-refractivity contribution in [3.05, 3.63) is 24.3 Å². The van der Waals surface area contributed by atoms with Gasteiger partial charge >= 0.3 is 0 Å². The van der Waals surface area contributed by atoms with Gasteiger partial charge in [0.2, 0.25) is 5.91 Å². The van der Waals surface area contributed by atoms with E-state index in [0.717, 1.165) is 11.4 Å². The zero-order valence-electron chi connectivity index (χ0n) is 11.4. The molecule has 1 fully saturated rings. The molecular weight excluding hydrogens is 244 g/mol. The fourth-order valence-electron chi connectivity index (χ4n) is 2.13. The summed E-state index contributed by atoms with van der Waals surface area (Å²) in [7, 11) is 1.60. The highest BCUT2D eigenvalue weighted by molar-refractivity contribution is 6.03. The van der Waals surface area contributed by atoms with Gasteiger partial charge in [-0.05, 0) is 38.1 Å². The molecule has 19 heavy (non-hydrogen) atoms. The van der Waals surface area contributed by atoms with E-state index in [1.807, 2.05) is 12.1 Å². The third-order valence-corrected chi connectivity index (χ3v) is 3.18. The van der Waals surface area contributed by atoms with Crippen LogP contribution in [0.3, 0.4) is 0 Å². The van der Waals surface area contributed by atoms with Crippen LogP contribution < -0.4 is 15.0 Å². The first kappa shape index (κ1) is 13.4. The van der Waals surface area contributed by atoms with Crippen molar-refractivity contribution in [1.29, 1.82) is 0 Å². The third-order valence-electron chi connectivity index (χ3n) is 3.18. The highest BCUT2D eigenvalue weighted by atomic mass is 16.5. The summed E-state index contributed by atoms with van der Waals surface area (Å²) in [6.45, 7) is 3.82. The molecule has 0 aliphatic carbocycles. The zero-order chi connectivity index (χ0) is 14.0. The van der Waals surface area contributed by atoms with Gasteiger partial charge in [-0.1, -0.05) is 0 Å². The quantitative estimate of drug-likeness (QED) is 0.874. The first-order valence-electron chi connectivity index (χ1n) is 6.21. The molecule has 1 aromatic carbocycles. The summed E-state index contributed by atoms with van der Waals surface area (Å²) in [5.74, 6) is 0.525. The molecule has 2 rings (SSSR count). The Balaban J connectivity index is 2.31. The number of carbonyl (C=O) groups excluding carboxylic acids is 2. The molecule has 1 aromatic rings. The van der Waals surface area contributed by atoms with Crippen molar-refractivity contribution in [2.45, 2.75) is 25.8 Å². The second-order valence-corrected chi connectivity index (χ2v) is 5.08. The lowest BCUT2D eigenvalue weighted by Crippen LogP contribution is -2.53. The lowest BCUT2D eigenvalue weighted by atomic mass is 10.0. The van der Waals surface area contributed by atoms with Crippen LogP contribution in [0.25, 0.3) is 0 Å². The normalized spacial score (nSPS) is 18.8. The van der Waals surface area contributed by atoms with E-state index in [-0.39, 0.29) is 11.8 Å². The maximum atomic E-state index is 12.4. The van der Waals surface area contributed by atoms with Gasteiger partial charge in [0.25, 0.3) is 5.91 Å². The van der Waals surface area contributed by atoms with E-state index in [1.165, 1.54) is 0 Å². The van der Waals surface area contributed by atoms with Crippen LogP contribution in [0, 0.1) is 0 Å². The van der Waals surface area contributed by atoms with Gasteiger partial charge in [-0.15, -0.1) is 0 Å². The van der Waals surface area contributed by atoms with Crippen LogP contribution in [0.4, 0.5) is 5.69 Å². The molecule has 0 aromatic heterocycles. The summed E-state index contributed by atoms with van der Waals surface area (Å²) >= 11 is 0. The van der Waals surface area contributed by atoms with E-state index >= 15 is 0 Å². The number of hydrogen-bond acceptors (Lipinski definition) is 3. The fraction of sp³-hybridized carbons (Fsp3) is 0.429. The van der Waals surface area contributed by atoms with Crippen LogP contribution in [0.2, 0.25) is 0 Å². The van der Waals surface area contributed by atoms with Crippen LogP contribution in [0.5, 0.6) is 5.75 Å². The molecule has 2 amide bonds. The molecule has 0 saturated carbocycles. The van der Waals surface area contributed by atoms with Crippen molar-refractivity contribution in [2.24, 2.45) is 0 Å². The number of carbonyl (C=O) groups is 2. The maximum absolute atomic E-state index is 12.4. The molecule has 5 nitrogen and oxygen atoms in total. The van der Waals surface area contributed by atoms with Crippen molar-refractivity contribution < 1.29 is 14.3 Å². The van der Waals surface area contributed by atoms with Gasteiger partial charge in [-0.3, -0.25) is 9.59 Å². The summed E-state index contributed by atoms with van der Waals surface area (Å²) < 4.78 is 5.10. The second kappa shape index (κ2) is 4.91. The summed E-state index contributed by atoms with van der Waals surface area (Å²) in [6, 6.07) is 7.25. The molecule has 0 radical (unpaired) electrons. The molecule has 0 atom stereocenters. The molecule has 1 saturated heterocycles. The van der Waals surface area contributed by atoms with Crippen LogP contribution in [-0.2, 0) is 9.59 Å². The molecule has 1 heterocycles. The van der Waals surface area contributed by atoms with Crippen molar-refractivity contribution in [3.63, 3.8) is 0 Å². The molecule has 0 unspecified atom stereocenters. The Hall–Kier alpha value is -2.04. The Labute approximate surface area is 112 Å². The van der Waals surface area contributed by atoms with E-state index in [4.69, 9.17) is 4.74 Å². The molecule has 5 heteroatoms. The molecule has 1 N–H and O–H groups in total. The van der Waals surface area contributed by atoms with Gasteiger partial charge in [-0.25, -0.2) is 0 Å². The number of methoxy groups -OCH3 is 1. The maximum Gasteiger partial charge on any atom is 0.252 e. The zero-order valence-corrected chi connectivity index (χ0v) is 11.4. The SMILES string of the molecule is COc1ccc(N2CCC(=O)NC(C)(C)C2=O)cc1. The van der Waals surface area contributed by atoms with Crippen LogP contribution in [-0.4, -0.2) is 31.0 Å². The first-order valence-corrected chi connectivity index (χ1v) is 6.21. The fourth-order valence-corrected chi connectivity index (χ4v) is 2.13. The Kier molecular flexibility index (Phi) is 3.46. The minimum Gasteiger partial charge on any atom is -0.497 e. The second-order valence-electron chi connectivity index (χ2n) is 5.08. The highest BCUT2D eigenvalue weighted by Crippen LogP contribution is 2.23. The number of rotatable bonds is 2. The lowest BCUT2D eigenvalue weighted by molar-refractivity contribution is -0.128. The molecule has 1 aliphatic heterocycles. The smallest absolute Gasteiger partial charge is 0.252 e. The predicted molar refractivity (Wildman–Crippen MR) is 72.2 cm³/mol. The number of hydrogen-bond donors (Lipinski definition) is 1. The van der Waals surface area contributed by atoms with Crippen molar-refractivity contribution in [3.8, 4) is 5.75 Å². The molecular formula is C14H18N2O3. The number of nitrogens with zero attached hydrogens (tertiary/aromatic N) is 1. The molecule has 0 bridgehead atoms. The number of nitrogens with one attached hydrogen (secondary N) is 1. The standard InChI is InChI=1S/C14H18N2O3/c1-14(2)13(18)16(9-8-12(17)15-14)10-4-6-11(19-3)7-5-10/h4-7H,8-9H2,1-3H3,(H,15,17). The van der Waals surface area contributed by atoms with Gasteiger partial charge in [0.1, 0.15) is 11.3 Å². The minimum atomic E-state index is -0.881. The Morgan fingerprint density at radius 3 is 2.42 bits per heavy atom. The summed E-state index contributed by atoms with van der Waals surface area (Å²) in [5, 5.41) is 2.74. The summed E-state index contributed by atoms with van der Waals surface area (Å²) in [5.41, 5.74) is -0.108. The third kappa shape index (κ3) is 2.70. The van der Waals surface area contributed by atoms with E-state index in [2.05, 4.69) is 5.32 Å². The Morgan fingerprint density at radius 2 is 1.84 bits per heavy atom. The summed E-state index contributed by atoms with van der Waals surface area (Å²) in [4.78, 5) is 25.7. The number of benzene rings is 1. The molecule has 0 spiro atoms. The minimum absolute atomic E-state index is 0.102. The van der Waals surface area contributed by atoms with Gasteiger partial charge in [0.15, 0.2) is 0 Å². The first-order chi connectivity index (χ1) is 8.94. The highest BCUT2D eigenvalue weighted by Gasteiger charge is 2.36. The largest absolute Gasteiger partial charge is 0.497 e. The van der Waals surface area contributed by atoms with Gasteiger partial charge in [0, 0.05) is 18.7 Å². The van der Waals surface area contributed by atoms with Gasteiger partial charge < -0.3 is 15.0 Å². The average molecular weight is 262 g/mol. The van der Waals surface area contributed by atoms with E-state index in [1.54, 1.807) is 38.0 Å². The van der Waals surface area contributed by atoms with Gasteiger partial charge in [-0.2, -0.15) is 0 Å². The van der Waals surface area contributed by atoms with Gasteiger partial charge in [0.05, 0.1) is 7.11 Å². The van der Waals surface area contributed by atoms with Crippen LogP contribution in [0.15, 0.2) is 24.3 Å². The number of anilines is 1. The predicted octanol–water partition coefficient (Wildman–Crippen LogP) is 1.33. The van der Waals surface area contributed by atoms with E-state index in [0.29, 0.717) is 13.0 Å². The van der Waals surface area contributed by atoms with E-state index < -0.39 is 5.54 Å². The van der Waals surface area contributed by atoms with Crippen LogP contribution in [0.1, 0.15) is 20.3 Å². The molecule has 102 valence electrons. The Morgan fingerprint density at radius 1 is 1.21 bits per heavy atom. The van der Waals surface area contributed by atoms with Crippen LogP contribution >= 0.6 is 0 Å². The topological polar surface area (TPSA) is 58.6 Å². The monoisotopic (exact) mass is 262 g/mol. The number of ether oxygens (including phenoxy) is 1. The Bertz CT molecular complexity index is 494. The molecule has 1 aliphatic rings.